The fraction of sp³-hybridized carbons (Fsp3) is 0.364. The van der Waals surface area contributed by atoms with Crippen LogP contribution < -0.4 is 5.73 Å². The molecule has 4 nitrogen and oxygen atoms in total. The summed E-state index contributed by atoms with van der Waals surface area (Å²) in [5.41, 5.74) is 9.01. The van der Waals surface area contributed by atoms with Crippen LogP contribution in [0.1, 0.15) is 11.4 Å². The van der Waals surface area contributed by atoms with Crippen LogP contribution in [-0.2, 0) is 10.3 Å². The van der Waals surface area contributed by atoms with E-state index in [4.69, 9.17) is 10.5 Å². The molecule has 1 aliphatic rings. The molecule has 15 heavy (non-hydrogen) atoms. The second-order valence-electron chi connectivity index (χ2n) is 4.20. The van der Waals surface area contributed by atoms with Crippen LogP contribution in [0.15, 0.2) is 18.2 Å². The van der Waals surface area contributed by atoms with E-state index >= 15 is 0 Å². The Morgan fingerprint density at radius 2 is 2.27 bits per heavy atom. The van der Waals surface area contributed by atoms with E-state index in [2.05, 4.69) is 16.0 Å². The first-order chi connectivity index (χ1) is 7.17. The Bertz CT molecular complexity index is 514. The average Bonchev–Trinajstić information content (AvgIpc) is 2.53. The van der Waals surface area contributed by atoms with Crippen molar-refractivity contribution >= 4 is 11.0 Å². The predicted molar refractivity (Wildman–Crippen MR) is 57.5 cm³/mol. The summed E-state index contributed by atoms with van der Waals surface area (Å²) in [6.07, 6.45) is 0. The molecular formula is C11H13N3O. The third-order valence-electron chi connectivity index (χ3n) is 2.89. The molecule has 0 unspecified atom stereocenters. The molecule has 0 aliphatic carbocycles. The Labute approximate surface area is 87.4 Å². The largest absolute Gasteiger partial charge is 0.377 e. The number of ether oxygens (including phenoxy) is 1. The lowest BCUT2D eigenvalue weighted by atomic mass is 9.89. The number of H-pyrrole nitrogens is 1. The zero-order chi connectivity index (χ0) is 10.5. The van der Waals surface area contributed by atoms with Gasteiger partial charge in [0.25, 0.3) is 0 Å². The van der Waals surface area contributed by atoms with Gasteiger partial charge in [0.1, 0.15) is 5.82 Å². The summed E-state index contributed by atoms with van der Waals surface area (Å²) >= 11 is 0. The topological polar surface area (TPSA) is 63.9 Å². The molecule has 0 saturated carbocycles. The number of fused-ring (bicyclic) bond motifs is 1. The Balaban J connectivity index is 2.13. The molecule has 0 spiro atoms. The van der Waals surface area contributed by atoms with E-state index in [0.29, 0.717) is 13.2 Å². The SMILES string of the molecule is Cc1nc2ccc(C3(N)COC3)cc2[nH]1. The number of nitrogens with one attached hydrogen (secondary N) is 1. The molecule has 2 aromatic rings. The van der Waals surface area contributed by atoms with Gasteiger partial charge in [-0.05, 0) is 24.6 Å². The quantitative estimate of drug-likeness (QED) is 0.728. The van der Waals surface area contributed by atoms with Gasteiger partial charge in [-0.15, -0.1) is 0 Å². The molecule has 1 aromatic heterocycles. The minimum Gasteiger partial charge on any atom is -0.377 e. The van der Waals surface area contributed by atoms with Crippen LogP contribution in [0.4, 0.5) is 0 Å². The normalized spacial score (nSPS) is 19.1. The van der Waals surface area contributed by atoms with Crippen LogP contribution in [-0.4, -0.2) is 23.2 Å². The molecule has 2 heterocycles. The summed E-state index contributed by atoms with van der Waals surface area (Å²) in [6.45, 7) is 3.15. The lowest BCUT2D eigenvalue weighted by molar-refractivity contribution is -0.0568. The molecule has 0 amide bonds. The van der Waals surface area contributed by atoms with Gasteiger partial charge in [-0.3, -0.25) is 0 Å². The maximum absolute atomic E-state index is 6.16. The third-order valence-corrected chi connectivity index (χ3v) is 2.89. The number of hydrogen-bond donors (Lipinski definition) is 2. The number of benzene rings is 1. The van der Waals surface area contributed by atoms with Gasteiger partial charge in [0.05, 0.1) is 29.8 Å². The van der Waals surface area contributed by atoms with Crippen molar-refractivity contribution in [2.75, 3.05) is 13.2 Å². The van der Waals surface area contributed by atoms with Crippen molar-refractivity contribution < 1.29 is 4.74 Å². The van der Waals surface area contributed by atoms with Crippen LogP contribution in [0.2, 0.25) is 0 Å². The lowest BCUT2D eigenvalue weighted by Crippen LogP contribution is -2.54. The van der Waals surface area contributed by atoms with Gasteiger partial charge in [0.15, 0.2) is 0 Å². The first-order valence-corrected chi connectivity index (χ1v) is 5.01. The minimum absolute atomic E-state index is 0.298. The average molecular weight is 203 g/mol. The molecule has 0 atom stereocenters. The number of nitrogens with two attached hydrogens (primary N) is 1. The summed E-state index contributed by atoms with van der Waals surface area (Å²) in [4.78, 5) is 7.56. The zero-order valence-corrected chi connectivity index (χ0v) is 8.58. The van der Waals surface area contributed by atoms with Crippen molar-refractivity contribution in [3.63, 3.8) is 0 Å². The van der Waals surface area contributed by atoms with Crippen LogP contribution in [0, 0.1) is 6.92 Å². The third kappa shape index (κ3) is 1.26. The minimum atomic E-state index is -0.298. The first-order valence-electron chi connectivity index (χ1n) is 5.01. The van der Waals surface area contributed by atoms with Crippen molar-refractivity contribution in [1.29, 1.82) is 0 Å². The van der Waals surface area contributed by atoms with E-state index in [0.717, 1.165) is 22.4 Å². The number of nitrogens with zero attached hydrogens (tertiary/aromatic N) is 1. The van der Waals surface area contributed by atoms with Gasteiger partial charge in [-0.2, -0.15) is 0 Å². The van der Waals surface area contributed by atoms with Crippen molar-refractivity contribution in [2.45, 2.75) is 12.5 Å². The summed E-state index contributed by atoms with van der Waals surface area (Å²) in [5.74, 6) is 0.929. The van der Waals surface area contributed by atoms with Gasteiger partial charge >= 0.3 is 0 Å². The predicted octanol–water partition coefficient (Wildman–Crippen LogP) is 1.06. The van der Waals surface area contributed by atoms with E-state index in [1.165, 1.54) is 0 Å². The highest BCUT2D eigenvalue weighted by atomic mass is 16.5. The van der Waals surface area contributed by atoms with Gasteiger partial charge in [-0.1, -0.05) is 6.07 Å². The Hall–Kier alpha value is -1.39. The van der Waals surface area contributed by atoms with E-state index in [1.54, 1.807) is 0 Å². The lowest BCUT2D eigenvalue weighted by Gasteiger charge is -2.38. The Morgan fingerprint density at radius 3 is 2.93 bits per heavy atom. The standard InChI is InChI=1S/C11H13N3O/c1-7-13-9-3-2-8(4-10(9)14-7)11(12)5-15-6-11/h2-4H,5-6,12H2,1H3,(H,13,14). The molecule has 3 N–H and O–H groups in total. The maximum Gasteiger partial charge on any atom is 0.104 e. The summed E-state index contributed by atoms with van der Waals surface area (Å²) in [7, 11) is 0. The first kappa shape index (κ1) is 8.88. The number of aryl methyl sites for hydroxylation is 1. The molecule has 1 aromatic carbocycles. The highest BCUT2D eigenvalue weighted by molar-refractivity contribution is 5.76. The van der Waals surface area contributed by atoms with E-state index in [9.17, 15) is 0 Å². The highest BCUT2D eigenvalue weighted by Crippen LogP contribution is 2.28. The molecule has 0 radical (unpaired) electrons. The molecule has 0 bridgehead atoms. The van der Waals surface area contributed by atoms with Crippen LogP contribution in [0.5, 0.6) is 0 Å². The number of hydrogen-bond acceptors (Lipinski definition) is 3. The number of imidazole rings is 1. The van der Waals surface area contributed by atoms with E-state index in [1.807, 2.05) is 19.1 Å². The second-order valence-corrected chi connectivity index (χ2v) is 4.20. The summed E-state index contributed by atoms with van der Waals surface area (Å²) in [6, 6.07) is 6.10. The molecule has 4 heteroatoms. The fourth-order valence-corrected chi connectivity index (χ4v) is 1.94. The maximum atomic E-state index is 6.16. The van der Waals surface area contributed by atoms with Gasteiger partial charge in [-0.25, -0.2) is 4.98 Å². The fourth-order valence-electron chi connectivity index (χ4n) is 1.94. The van der Waals surface area contributed by atoms with Crippen molar-refractivity contribution in [3.8, 4) is 0 Å². The van der Waals surface area contributed by atoms with Crippen LogP contribution >= 0.6 is 0 Å². The van der Waals surface area contributed by atoms with Crippen molar-refractivity contribution in [2.24, 2.45) is 5.73 Å². The Morgan fingerprint density at radius 1 is 1.47 bits per heavy atom. The summed E-state index contributed by atoms with van der Waals surface area (Å²) < 4.78 is 5.16. The molecular weight excluding hydrogens is 190 g/mol. The number of rotatable bonds is 1. The summed E-state index contributed by atoms with van der Waals surface area (Å²) in [5, 5.41) is 0. The monoisotopic (exact) mass is 203 g/mol. The molecule has 3 rings (SSSR count). The second kappa shape index (κ2) is 2.81. The Kier molecular flexibility index (Phi) is 1.66. The van der Waals surface area contributed by atoms with Gasteiger partial charge in [0.2, 0.25) is 0 Å². The van der Waals surface area contributed by atoms with Gasteiger partial charge < -0.3 is 15.5 Å². The molecule has 1 saturated heterocycles. The van der Waals surface area contributed by atoms with Crippen LogP contribution in [0.25, 0.3) is 11.0 Å². The van der Waals surface area contributed by atoms with Crippen LogP contribution in [0.3, 0.4) is 0 Å². The zero-order valence-electron chi connectivity index (χ0n) is 8.58. The van der Waals surface area contributed by atoms with Crippen molar-refractivity contribution in [1.82, 2.24) is 9.97 Å². The molecule has 1 fully saturated rings. The van der Waals surface area contributed by atoms with Crippen molar-refractivity contribution in [3.05, 3.63) is 29.6 Å². The van der Waals surface area contributed by atoms with E-state index in [-0.39, 0.29) is 5.54 Å². The van der Waals surface area contributed by atoms with E-state index < -0.39 is 0 Å². The number of aromatic nitrogens is 2. The van der Waals surface area contributed by atoms with Gasteiger partial charge in [0, 0.05) is 0 Å². The molecule has 1 aliphatic heterocycles. The highest BCUT2D eigenvalue weighted by Gasteiger charge is 2.36. The smallest absolute Gasteiger partial charge is 0.104 e. The molecule has 78 valence electrons. The number of aromatic amines is 1.